The van der Waals surface area contributed by atoms with Crippen molar-refractivity contribution in [3.8, 4) is 0 Å². The summed E-state index contributed by atoms with van der Waals surface area (Å²) in [5, 5.41) is 0. The molecular weight excluding hydrogens is 190 g/mol. The number of likely N-dealkylation sites (N-methyl/N-ethyl adjacent to an activating group) is 1. The predicted octanol–water partition coefficient (Wildman–Crippen LogP) is 0.452. The second kappa shape index (κ2) is 5.47. The molecule has 1 fully saturated rings. The molecule has 1 amide bonds. The van der Waals surface area contributed by atoms with Gasteiger partial charge in [0.15, 0.2) is 0 Å². The SMILES string of the molecule is CCC(C(N)=O)N(C)C1CCCCC1N. The molecule has 0 saturated heterocycles. The fourth-order valence-electron chi connectivity index (χ4n) is 2.57. The lowest BCUT2D eigenvalue weighted by Gasteiger charge is -2.39. The van der Waals surface area contributed by atoms with E-state index >= 15 is 0 Å². The van der Waals surface area contributed by atoms with Crippen molar-refractivity contribution in [1.29, 1.82) is 0 Å². The van der Waals surface area contributed by atoms with Crippen LogP contribution in [0, 0.1) is 0 Å². The van der Waals surface area contributed by atoms with E-state index < -0.39 is 0 Å². The molecule has 88 valence electrons. The molecule has 1 aliphatic carbocycles. The van der Waals surface area contributed by atoms with Gasteiger partial charge < -0.3 is 11.5 Å². The van der Waals surface area contributed by atoms with Crippen LogP contribution in [0.2, 0.25) is 0 Å². The fraction of sp³-hybridized carbons (Fsp3) is 0.909. The third-order valence-corrected chi connectivity index (χ3v) is 3.51. The lowest BCUT2D eigenvalue weighted by Crippen LogP contribution is -2.54. The van der Waals surface area contributed by atoms with Crippen molar-refractivity contribution in [2.45, 2.75) is 57.2 Å². The largest absolute Gasteiger partial charge is 0.368 e. The Balaban J connectivity index is 2.63. The standard InChI is InChI=1S/C11H23N3O/c1-3-9(11(13)15)14(2)10-7-5-4-6-8(10)12/h8-10H,3-7,12H2,1-2H3,(H2,13,15). The van der Waals surface area contributed by atoms with Crippen molar-refractivity contribution in [1.82, 2.24) is 4.90 Å². The van der Waals surface area contributed by atoms with Crippen LogP contribution in [-0.2, 0) is 4.79 Å². The number of hydrogen-bond acceptors (Lipinski definition) is 3. The molecule has 0 heterocycles. The highest BCUT2D eigenvalue weighted by atomic mass is 16.1. The molecule has 3 unspecified atom stereocenters. The number of carbonyl (C=O) groups excluding carboxylic acids is 1. The van der Waals surface area contributed by atoms with Crippen molar-refractivity contribution in [3.63, 3.8) is 0 Å². The van der Waals surface area contributed by atoms with Crippen molar-refractivity contribution >= 4 is 5.91 Å². The minimum atomic E-state index is -0.238. The summed E-state index contributed by atoms with van der Waals surface area (Å²) in [5.74, 6) is -0.238. The Morgan fingerprint density at radius 1 is 1.47 bits per heavy atom. The summed E-state index contributed by atoms with van der Waals surface area (Å²) < 4.78 is 0. The third-order valence-electron chi connectivity index (χ3n) is 3.51. The average molecular weight is 213 g/mol. The predicted molar refractivity (Wildman–Crippen MR) is 61.3 cm³/mol. The lowest BCUT2D eigenvalue weighted by atomic mass is 9.89. The molecule has 3 atom stereocenters. The van der Waals surface area contributed by atoms with Gasteiger partial charge in [0, 0.05) is 12.1 Å². The van der Waals surface area contributed by atoms with E-state index in [2.05, 4.69) is 4.90 Å². The van der Waals surface area contributed by atoms with Crippen molar-refractivity contribution in [2.75, 3.05) is 7.05 Å². The van der Waals surface area contributed by atoms with E-state index in [1.54, 1.807) is 0 Å². The Labute approximate surface area is 92.0 Å². The van der Waals surface area contributed by atoms with Gasteiger partial charge in [-0.2, -0.15) is 0 Å². The smallest absolute Gasteiger partial charge is 0.234 e. The first-order valence-electron chi connectivity index (χ1n) is 5.84. The van der Waals surface area contributed by atoms with E-state index in [4.69, 9.17) is 11.5 Å². The Bertz CT molecular complexity index is 220. The summed E-state index contributed by atoms with van der Waals surface area (Å²) in [6, 6.07) is 0.340. The van der Waals surface area contributed by atoms with E-state index in [-0.39, 0.29) is 18.0 Å². The second-order valence-corrected chi connectivity index (χ2v) is 4.51. The quantitative estimate of drug-likeness (QED) is 0.712. The maximum atomic E-state index is 11.3. The summed E-state index contributed by atoms with van der Waals surface area (Å²) in [6.07, 6.45) is 5.32. The Morgan fingerprint density at radius 3 is 2.53 bits per heavy atom. The van der Waals surface area contributed by atoms with Crippen LogP contribution in [0.15, 0.2) is 0 Å². The molecule has 1 rings (SSSR count). The highest BCUT2D eigenvalue weighted by Crippen LogP contribution is 2.23. The first-order valence-corrected chi connectivity index (χ1v) is 5.84. The summed E-state index contributed by atoms with van der Waals surface area (Å²) in [7, 11) is 1.97. The Hall–Kier alpha value is -0.610. The van der Waals surface area contributed by atoms with Crippen molar-refractivity contribution in [3.05, 3.63) is 0 Å². The van der Waals surface area contributed by atoms with E-state index in [9.17, 15) is 4.79 Å². The molecule has 4 nitrogen and oxygen atoms in total. The van der Waals surface area contributed by atoms with Crippen LogP contribution < -0.4 is 11.5 Å². The number of rotatable bonds is 4. The van der Waals surface area contributed by atoms with Gasteiger partial charge in [-0.15, -0.1) is 0 Å². The molecule has 0 aromatic carbocycles. The highest BCUT2D eigenvalue weighted by Gasteiger charge is 2.31. The lowest BCUT2D eigenvalue weighted by molar-refractivity contribution is -0.124. The first-order chi connectivity index (χ1) is 7.07. The topological polar surface area (TPSA) is 72.4 Å². The number of carbonyl (C=O) groups is 1. The number of primary amides is 1. The third kappa shape index (κ3) is 2.92. The van der Waals surface area contributed by atoms with Crippen molar-refractivity contribution in [2.24, 2.45) is 11.5 Å². The van der Waals surface area contributed by atoms with Gasteiger partial charge in [0.25, 0.3) is 0 Å². The average Bonchev–Trinajstić information content (AvgIpc) is 2.18. The summed E-state index contributed by atoms with van der Waals surface area (Å²) in [5.41, 5.74) is 11.5. The molecule has 15 heavy (non-hydrogen) atoms. The van der Waals surface area contributed by atoms with E-state index in [0.717, 1.165) is 19.3 Å². The molecule has 0 aromatic heterocycles. The van der Waals surface area contributed by atoms with Crippen LogP contribution >= 0.6 is 0 Å². The monoisotopic (exact) mass is 213 g/mol. The summed E-state index contributed by atoms with van der Waals surface area (Å²) in [6.45, 7) is 1.99. The minimum Gasteiger partial charge on any atom is -0.368 e. The molecule has 0 bridgehead atoms. The Morgan fingerprint density at radius 2 is 2.07 bits per heavy atom. The van der Waals surface area contributed by atoms with E-state index in [1.165, 1.54) is 12.8 Å². The zero-order chi connectivity index (χ0) is 11.4. The number of hydrogen-bond donors (Lipinski definition) is 2. The maximum Gasteiger partial charge on any atom is 0.234 e. The van der Waals surface area contributed by atoms with Gasteiger partial charge in [-0.05, 0) is 26.3 Å². The van der Waals surface area contributed by atoms with E-state index in [0.29, 0.717) is 6.04 Å². The van der Waals surface area contributed by atoms with E-state index in [1.807, 2.05) is 14.0 Å². The van der Waals surface area contributed by atoms with Gasteiger partial charge in [0.1, 0.15) is 0 Å². The minimum absolute atomic E-state index is 0.167. The molecule has 0 radical (unpaired) electrons. The second-order valence-electron chi connectivity index (χ2n) is 4.51. The van der Waals surface area contributed by atoms with Crippen LogP contribution in [0.25, 0.3) is 0 Å². The van der Waals surface area contributed by atoms with Crippen LogP contribution in [0.5, 0.6) is 0 Å². The van der Waals surface area contributed by atoms with Gasteiger partial charge in [-0.3, -0.25) is 9.69 Å². The molecular formula is C11H23N3O. The highest BCUT2D eigenvalue weighted by molar-refractivity contribution is 5.79. The van der Waals surface area contributed by atoms with Crippen LogP contribution in [0.1, 0.15) is 39.0 Å². The number of nitrogens with zero attached hydrogens (tertiary/aromatic N) is 1. The normalized spacial score (nSPS) is 29.1. The summed E-state index contributed by atoms with van der Waals surface area (Å²) in [4.78, 5) is 13.3. The first kappa shape index (κ1) is 12.5. The molecule has 4 N–H and O–H groups in total. The number of nitrogens with two attached hydrogens (primary N) is 2. The van der Waals surface area contributed by atoms with Gasteiger partial charge in [-0.25, -0.2) is 0 Å². The maximum absolute atomic E-state index is 11.3. The van der Waals surface area contributed by atoms with Gasteiger partial charge in [0.05, 0.1) is 6.04 Å². The zero-order valence-corrected chi connectivity index (χ0v) is 9.78. The van der Waals surface area contributed by atoms with Gasteiger partial charge in [-0.1, -0.05) is 19.8 Å². The summed E-state index contributed by atoms with van der Waals surface area (Å²) >= 11 is 0. The zero-order valence-electron chi connectivity index (χ0n) is 9.78. The molecule has 0 spiro atoms. The Kier molecular flexibility index (Phi) is 4.54. The molecule has 1 aliphatic rings. The fourth-order valence-corrected chi connectivity index (χ4v) is 2.57. The van der Waals surface area contributed by atoms with Crippen LogP contribution in [-0.4, -0.2) is 36.0 Å². The van der Waals surface area contributed by atoms with Gasteiger partial charge in [0.2, 0.25) is 5.91 Å². The molecule has 0 aromatic rings. The molecule has 4 heteroatoms. The van der Waals surface area contributed by atoms with Crippen LogP contribution in [0.3, 0.4) is 0 Å². The van der Waals surface area contributed by atoms with Crippen molar-refractivity contribution < 1.29 is 4.79 Å². The molecule has 1 saturated carbocycles. The van der Waals surface area contributed by atoms with Crippen LogP contribution in [0.4, 0.5) is 0 Å². The molecule has 0 aliphatic heterocycles. The van der Waals surface area contributed by atoms with Gasteiger partial charge >= 0.3 is 0 Å². The number of amides is 1.